The van der Waals surface area contributed by atoms with Crippen molar-refractivity contribution in [2.75, 3.05) is 31.1 Å². The predicted octanol–water partition coefficient (Wildman–Crippen LogP) is 4.21. The number of sulfonamides is 1. The van der Waals surface area contributed by atoms with Gasteiger partial charge < -0.3 is 9.80 Å². The zero-order valence-corrected chi connectivity index (χ0v) is 20.7. The van der Waals surface area contributed by atoms with Crippen LogP contribution in [0.3, 0.4) is 0 Å². The van der Waals surface area contributed by atoms with E-state index in [9.17, 15) is 13.2 Å². The van der Waals surface area contributed by atoms with Crippen molar-refractivity contribution >= 4 is 21.6 Å². The molecule has 2 aromatic carbocycles. The summed E-state index contributed by atoms with van der Waals surface area (Å²) in [6.45, 7) is 4.94. The number of benzene rings is 2. The van der Waals surface area contributed by atoms with Crippen LogP contribution >= 0.6 is 0 Å². The lowest BCUT2D eigenvalue weighted by Gasteiger charge is -2.24. The van der Waals surface area contributed by atoms with Gasteiger partial charge in [0.15, 0.2) is 0 Å². The van der Waals surface area contributed by atoms with E-state index in [4.69, 9.17) is 0 Å². The van der Waals surface area contributed by atoms with Crippen molar-refractivity contribution in [2.45, 2.75) is 50.3 Å². The van der Waals surface area contributed by atoms with Gasteiger partial charge in [-0.25, -0.2) is 13.1 Å². The van der Waals surface area contributed by atoms with E-state index in [0.29, 0.717) is 18.4 Å². The van der Waals surface area contributed by atoms with Crippen LogP contribution in [0.4, 0.5) is 5.69 Å². The van der Waals surface area contributed by atoms with Crippen LogP contribution in [0.15, 0.2) is 54.6 Å². The van der Waals surface area contributed by atoms with Gasteiger partial charge in [0.25, 0.3) is 5.91 Å². The Bertz CT molecular complexity index is 1080. The Morgan fingerprint density at radius 2 is 1.50 bits per heavy atom. The average molecular weight is 482 g/mol. The summed E-state index contributed by atoms with van der Waals surface area (Å²) in [5.41, 5.74) is 2.58. The lowest BCUT2D eigenvalue weighted by Crippen LogP contribution is -2.39. The van der Waals surface area contributed by atoms with Crippen LogP contribution in [0.5, 0.6) is 0 Å². The third kappa shape index (κ3) is 5.01. The Hall–Kier alpha value is -2.38. The number of carbonyl (C=O) groups is 1. The normalized spacial score (nSPS) is 25.9. The number of hydrogen-bond acceptors (Lipinski definition) is 4. The smallest absolute Gasteiger partial charge is 0.253 e. The first kappa shape index (κ1) is 23.4. The lowest BCUT2D eigenvalue weighted by molar-refractivity contribution is 0.0739. The second kappa shape index (κ2) is 9.70. The highest BCUT2D eigenvalue weighted by atomic mass is 32.2. The van der Waals surface area contributed by atoms with Gasteiger partial charge in [0.05, 0.1) is 5.25 Å². The molecule has 2 atom stereocenters. The van der Waals surface area contributed by atoms with Crippen LogP contribution < -0.4 is 9.62 Å². The number of carbonyl (C=O) groups excluding carboxylic acids is 1. The first-order valence-corrected chi connectivity index (χ1v) is 14.1. The van der Waals surface area contributed by atoms with Crippen molar-refractivity contribution in [1.29, 1.82) is 0 Å². The minimum Gasteiger partial charge on any atom is -0.370 e. The van der Waals surface area contributed by atoms with Crippen molar-refractivity contribution in [3.63, 3.8) is 0 Å². The molecular formula is C27H35N3O3S. The Kier molecular flexibility index (Phi) is 6.67. The molecule has 3 saturated heterocycles. The summed E-state index contributed by atoms with van der Waals surface area (Å²) in [5.74, 6) is 1.47. The molecule has 1 amide bonds. The monoisotopic (exact) mass is 481 g/mol. The standard InChI is InChI=1S/C27H35N3O3S/c1-20(23-5-3-2-4-6-23)34(32,33)28-25-15-16-29(19-25)26-13-11-24(12-14-26)27(31)30-17-21-7-8-22(18-30)10-9-21/h2-6,11-14,20-22,25,28H,7-10,15-19H2,1H3. The largest absolute Gasteiger partial charge is 0.370 e. The van der Waals surface area contributed by atoms with Crippen LogP contribution in [-0.2, 0) is 10.0 Å². The number of nitrogens with zero attached hydrogens (tertiary/aromatic N) is 2. The lowest BCUT2D eigenvalue weighted by atomic mass is 9.84. The minimum atomic E-state index is -3.47. The summed E-state index contributed by atoms with van der Waals surface area (Å²) < 4.78 is 28.7. The van der Waals surface area contributed by atoms with E-state index < -0.39 is 15.3 Å². The molecule has 2 unspecified atom stereocenters. The summed E-state index contributed by atoms with van der Waals surface area (Å²) in [6.07, 6.45) is 5.81. The Labute approximate surface area is 203 Å². The highest BCUT2D eigenvalue weighted by molar-refractivity contribution is 7.89. The summed E-state index contributed by atoms with van der Waals surface area (Å²) in [4.78, 5) is 17.4. The molecule has 0 aromatic heterocycles. The van der Waals surface area contributed by atoms with Gasteiger partial charge in [-0.3, -0.25) is 4.79 Å². The molecule has 0 spiro atoms. The molecular weight excluding hydrogens is 446 g/mol. The van der Waals surface area contributed by atoms with E-state index in [1.807, 2.05) is 54.6 Å². The fraction of sp³-hybridized carbons (Fsp3) is 0.519. The number of nitrogens with one attached hydrogen (secondary N) is 1. The van der Waals surface area contributed by atoms with Gasteiger partial charge in [-0.05, 0) is 80.7 Å². The van der Waals surface area contributed by atoms with E-state index >= 15 is 0 Å². The molecule has 6 rings (SSSR count). The maximum Gasteiger partial charge on any atom is 0.253 e. The molecule has 2 aromatic rings. The maximum atomic E-state index is 13.1. The highest BCUT2D eigenvalue weighted by Crippen LogP contribution is 2.34. The Morgan fingerprint density at radius 1 is 0.882 bits per heavy atom. The molecule has 182 valence electrons. The molecule has 4 aliphatic rings. The quantitative estimate of drug-likeness (QED) is 0.671. The number of fused-ring (bicyclic) bond motifs is 4. The van der Waals surface area contributed by atoms with Crippen molar-refractivity contribution < 1.29 is 13.2 Å². The van der Waals surface area contributed by atoms with Crippen molar-refractivity contribution in [3.8, 4) is 0 Å². The third-order valence-corrected chi connectivity index (χ3v) is 9.81. The van der Waals surface area contributed by atoms with Crippen molar-refractivity contribution in [3.05, 3.63) is 65.7 Å². The van der Waals surface area contributed by atoms with Crippen LogP contribution in [0.25, 0.3) is 0 Å². The van der Waals surface area contributed by atoms with Crippen LogP contribution in [0.2, 0.25) is 0 Å². The SMILES string of the molecule is CC(c1ccccc1)S(=O)(=O)NC1CCN(c2ccc(C(=O)N3CC4CCC(CC4)C3)cc2)C1. The van der Waals surface area contributed by atoms with Gasteiger partial charge in [-0.1, -0.05) is 30.3 Å². The highest BCUT2D eigenvalue weighted by Gasteiger charge is 2.33. The summed E-state index contributed by atoms with van der Waals surface area (Å²) in [5, 5.41) is -0.595. The third-order valence-electron chi connectivity index (χ3n) is 7.94. The molecule has 34 heavy (non-hydrogen) atoms. The minimum absolute atomic E-state index is 0.120. The number of amides is 1. The molecule has 2 bridgehead atoms. The molecule has 3 heterocycles. The summed E-state index contributed by atoms with van der Waals surface area (Å²) in [7, 11) is -3.47. The molecule has 3 aliphatic heterocycles. The number of hydrogen-bond donors (Lipinski definition) is 1. The van der Waals surface area contributed by atoms with E-state index in [0.717, 1.165) is 42.9 Å². The van der Waals surface area contributed by atoms with Crippen LogP contribution in [0.1, 0.15) is 60.2 Å². The zero-order chi connectivity index (χ0) is 23.7. The fourth-order valence-corrected chi connectivity index (χ4v) is 7.16. The zero-order valence-electron chi connectivity index (χ0n) is 19.9. The van der Waals surface area contributed by atoms with Gasteiger partial charge in [-0.2, -0.15) is 0 Å². The molecule has 4 fully saturated rings. The average Bonchev–Trinajstić information content (AvgIpc) is 3.10. The Balaban J connectivity index is 1.19. The van der Waals surface area contributed by atoms with Crippen molar-refractivity contribution in [1.82, 2.24) is 9.62 Å². The summed E-state index contributed by atoms with van der Waals surface area (Å²) >= 11 is 0. The fourth-order valence-electron chi connectivity index (χ4n) is 5.79. The van der Waals surface area contributed by atoms with Gasteiger partial charge >= 0.3 is 0 Å². The molecule has 1 aliphatic carbocycles. The molecule has 1 N–H and O–H groups in total. The number of rotatable bonds is 6. The van der Waals surface area contributed by atoms with Crippen LogP contribution in [0, 0.1) is 11.8 Å². The van der Waals surface area contributed by atoms with Gasteiger partial charge in [0.2, 0.25) is 10.0 Å². The maximum absolute atomic E-state index is 13.1. The van der Waals surface area contributed by atoms with E-state index in [1.165, 1.54) is 25.7 Å². The molecule has 1 saturated carbocycles. The van der Waals surface area contributed by atoms with E-state index in [2.05, 4.69) is 14.5 Å². The molecule has 0 radical (unpaired) electrons. The van der Waals surface area contributed by atoms with Gasteiger partial charge in [-0.15, -0.1) is 0 Å². The Morgan fingerprint density at radius 3 is 2.12 bits per heavy atom. The second-order valence-corrected chi connectivity index (χ2v) is 12.3. The van der Waals surface area contributed by atoms with Crippen molar-refractivity contribution in [2.24, 2.45) is 11.8 Å². The topological polar surface area (TPSA) is 69.7 Å². The molecule has 7 heteroatoms. The molecule has 6 nitrogen and oxygen atoms in total. The van der Waals surface area contributed by atoms with E-state index in [-0.39, 0.29) is 11.9 Å². The van der Waals surface area contributed by atoms with Gasteiger partial charge in [0, 0.05) is 43.5 Å². The number of anilines is 1. The second-order valence-electron chi connectivity index (χ2n) is 10.3. The first-order valence-electron chi connectivity index (χ1n) is 12.6. The van der Waals surface area contributed by atoms with E-state index in [1.54, 1.807) is 6.92 Å². The van der Waals surface area contributed by atoms with Crippen LogP contribution in [-0.4, -0.2) is 51.4 Å². The predicted molar refractivity (Wildman–Crippen MR) is 135 cm³/mol. The first-order chi connectivity index (χ1) is 16.4. The van der Waals surface area contributed by atoms with Gasteiger partial charge in [0.1, 0.15) is 0 Å². The summed E-state index contributed by atoms with van der Waals surface area (Å²) in [6, 6.07) is 17.1.